The van der Waals surface area contributed by atoms with Gasteiger partial charge in [-0.15, -0.1) is 0 Å². The van der Waals surface area contributed by atoms with Gasteiger partial charge in [-0.25, -0.2) is 0 Å². The van der Waals surface area contributed by atoms with Crippen molar-refractivity contribution in [2.24, 2.45) is 0 Å². The molecule has 1 aromatic rings. The van der Waals surface area contributed by atoms with Gasteiger partial charge in [-0.3, -0.25) is 0 Å². The molecule has 0 N–H and O–H groups in total. The zero-order valence-electron chi connectivity index (χ0n) is 17.5. The van der Waals surface area contributed by atoms with E-state index in [0.717, 1.165) is 5.02 Å². The molecule has 0 radical (unpaired) electrons. The van der Waals surface area contributed by atoms with Crippen LogP contribution in [0.5, 0.6) is 0 Å². The molecular weight excluding hydrogens is 324 g/mol. The van der Waals surface area contributed by atoms with Crippen molar-refractivity contribution in [3.05, 3.63) is 33.8 Å². The Kier molecular flexibility index (Phi) is 10.8. The van der Waals surface area contributed by atoms with Crippen LogP contribution in [0.15, 0.2) is 12.1 Å². The molecule has 0 atom stereocenters. The standard InChI is InChI=1S/C24H41Cl/c1-6-10-11-12-13-14-15-21-18-20(5)23(22(25)19-21)24(9-4,16-7-2)17-8-3/h18-19H,6-17H2,1-5H3. The van der Waals surface area contributed by atoms with E-state index < -0.39 is 0 Å². The minimum Gasteiger partial charge on any atom is -0.0840 e. The van der Waals surface area contributed by atoms with Gasteiger partial charge in [0.15, 0.2) is 0 Å². The minimum absolute atomic E-state index is 0.267. The van der Waals surface area contributed by atoms with Gasteiger partial charge < -0.3 is 0 Å². The number of benzene rings is 1. The van der Waals surface area contributed by atoms with E-state index >= 15 is 0 Å². The molecule has 0 unspecified atom stereocenters. The maximum atomic E-state index is 6.85. The Labute approximate surface area is 162 Å². The Balaban J connectivity index is 2.86. The Morgan fingerprint density at radius 1 is 0.800 bits per heavy atom. The lowest BCUT2D eigenvalue weighted by molar-refractivity contribution is 0.342. The summed E-state index contributed by atoms with van der Waals surface area (Å²) in [5, 5.41) is 1.02. The van der Waals surface area contributed by atoms with E-state index in [2.05, 4.69) is 46.8 Å². The average molecular weight is 365 g/mol. The molecule has 0 saturated heterocycles. The van der Waals surface area contributed by atoms with Crippen LogP contribution in [-0.4, -0.2) is 0 Å². The van der Waals surface area contributed by atoms with Crippen LogP contribution < -0.4 is 0 Å². The summed E-state index contributed by atoms with van der Waals surface area (Å²) in [6.45, 7) is 11.5. The Morgan fingerprint density at radius 2 is 1.40 bits per heavy atom. The second-order valence-electron chi connectivity index (χ2n) is 7.92. The summed E-state index contributed by atoms with van der Waals surface area (Å²) >= 11 is 6.85. The fraction of sp³-hybridized carbons (Fsp3) is 0.750. The number of hydrogen-bond acceptors (Lipinski definition) is 0. The molecule has 0 aliphatic heterocycles. The molecular formula is C24H41Cl. The SMILES string of the molecule is CCCCCCCCc1cc(C)c(C(CC)(CCC)CCC)c(Cl)c1. The Hall–Kier alpha value is -0.490. The van der Waals surface area contributed by atoms with Gasteiger partial charge >= 0.3 is 0 Å². The maximum absolute atomic E-state index is 6.85. The van der Waals surface area contributed by atoms with Crippen LogP contribution in [0.1, 0.15) is 115 Å². The third-order valence-corrected chi connectivity index (χ3v) is 6.13. The lowest BCUT2D eigenvalue weighted by Gasteiger charge is -2.36. The molecule has 0 aliphatic carbocycles. The predicted octanol–water partition coefficient (Wildman–Crippen LogP) is 8.80. The lowest BCUT2D eigenvalue weighted by Crippen LogP contribution is -2.27. The van der Waals surface area contributed by atoms with Gasteiger partial charge in [0.05, 0.1) is 0 Å². The van der Waals surface area contributed by atoms with Crippen molar-refractivity contribution in [1.82, 2.24) is 0 Å². The highest BCUT2D eigenvalue weighted by Crippen LogP contribution is 2.43. The van der Waals surface area contributed by atoms with Gasteiger partial charge in [-0.05, 0) is 67.2 Å². The van der Waals surface area contributed by atoms with Crippen LogP contribution in [0.4, 0.5) is 0 Å². The second-order valence-corrected chi connectivity index (χ2v) is 8.33. The molecule has 144 valence electrons. The van der Waals surface area contributed by atoms with Crippen LogP contribution in [-0.2, 0) is 11.8 Å². The first-order chi connectivity index (χ1) is 12.0. The van der Waals surface area contributed by atoms with Gasteiger partial charge in [-0.2, -0.15) is 0 Å². The molecule has 0 saturated carbocycles. The van der Waals surface area contributed by atoms with Crippen LogP contribution in [0.25, 0.3) is 0 Å². The first-order valence-corrected chi connectivity index (χ1v) is 11.2. The maximum Gasteiger partial charge on any atom is 0.0449 e. The zero-order valence-corrected chi connectivity index (χ0v) is 18.3. The average Bonchev–Trinajstić information content (AvgIpc) is 2.57. The van der Waals surface area contributed by atoms with Gasteiger partial charge in [-0.1, -0.05) is 90.3 Å². The highest BCUT2D eigenvalue weighted by Gasteiger charge is 2.32. The van der Waals surface area contributed by atoms with Crippen LogP contribution >= 0.6 is 11.6 Å². The fourth-order valence-electron chi connectivity index (χ4n) is 4.60. The van der Waals surface area contributed by atoms with Gasteiger partial charge in [0.25, 0.3) is 0 Å². The number of halogens is 1. The molecule has 1 aromatic carbocycles. The van der Waals surface area contributed by atoms with Crippen molar-refractivity contribution in [3.63, 3.8) is 0 Å². The summed E-state index contributed by atoms with van der Waals surface area (Å²) < 4.78 is 0. The van der Waals surface area contributed by atoms with Crippen molar-refractivity contribution in [2.75, 3.05) is 0 Å². The Morgan fingerprint density at radius 3 is 1.92 bits per heavy atom. The summed E-state index contributed by atoms with van der Waals surface area (Å²) in [5.74, 6) is 0. The van der Waals surface area contributed by atoms with E-state index in [1.807, 2.05) is 0 Å². The summed E-state index contributed by atoms with van der Waals surface area (Å²) in [4.78, 5) is 0. The highest BCUT2D eigenvalue weighted by molar-refractivity contribution is 6.31. The fourth-order valence-corrected chi connectivity index (χ4v) is 5.09. The summed E-state index contributed by atoms with van der Waals surface area (Å²) in [7, 11) is 0. The third kappa shape index (κ3) is 6.63. The third-order valence-electron chi connectivity index (χ3n) is 5.83. The van der Waals surface area contributed by atoms with E-state index in [1.165, 1.54) is 93.7 Å². The molecule has 0 bridgehead atoms. The number of unbranched alkanes of at least 4 members (excludes halogenated alkanes) is 5. The number of aryl methyl sites for hydroxylation is 2. The molecule has 0 amide bonds. The molecule has 0 aromatic heterocycles. The summed E-state index contributed by atoms with van der Waals surface area (Å²) in [5.41, 5.74) is 4.55. The van der Waals surface area contributed by atoms with Crippen molar-refractivity contribution in [1.29, 1.82) is 0 Å². The molecule has 1 rings (SSSR count). The van der Waals surface area contributed by atoms with E-state index in [1.54, 1.807) is 0 Å². The monoisotopic (exact) mass is 364 g/mol. The van der Waals surface area contributed by atoms with Crippen LogP contribution in [0.3, 0.4) is 0 Å². The van der Waals surface area contributed by atoms with Crippen LogP contribution in [0, 0.1) is 6.92 Å². The quantitative estimate of drug-likeness (QED) is 0.306. The normalized spacial score (nSPS) is 11.9. The van der Waals surface area contributed by atoms with E-state index in [0.29, 0.717) is 0 Å². The first kappa shape index (κ1) is 22.6. The molecule has 25 heavy (non-hydrogen) atoms. The predicted molar refractivity (Wildman–Crippen MR) is 115 cm³/mol. The van der Waals surface area contributed by atoms with Crippen molar-refractivity contribution >= 4 is 11.6 Å². The second kappa shape index (κ2) is 12.0. The van der Waals surface area contributed by atoms with E-state index in [-0.39, 0.29) is 5.41 Å². The Bertz CT molecular complexity index is 460. The summed E-state index contributed by atoms with van der Waals surface area (Å²) in [6, 6.07) is 4.69. The highest BCUT2D eigenvalue weighted by atomic mass is 35.5. The molecule has 0 aliphatic rings. The largest absolute Gasteiger partial charge is 0.0840 e. The van der Waals surface area contributed by atoms with Gasteiger partial charge in [0.1, 0.15) is 0 Å². The van der Waals surface area contributed by atoms with Gasteiger partial charge in [0.2, 0.25) is 0 Å². The smallest absolute Gasteiger partial charge is 0.0449 e. The van der Waals surface area contributed by atoms with Crippen molar-refractivity contribution in [3.8, 4) is 0 Å². The summed E-state index contributed by atoms with van der Waals surface area (Å²) in [6.07, 6.45) is 15.4. The minimum atomic E-state index is 0.267. The van der Waals surface area contributed by atoms with Crippen molar-refractivity contribution < 1.29 is 0 Å². The lowest BCUT2D eigenvalue weighted by atomic mass is 9.70. The molecule has 0 nitrogen and oxygen atoms in total. The van der Waals surface area contributed by atoms with Crippen LogP contribution in [0.2, 0.25) is 5.02 Å². The number of rotatable bonds is 13. The topological polar surface area (TPSA) is 0 Å². The molecule has 0 spiro atoms. The van der Waals surface area contributed by atoms with E-state index in [4.69, 9.17) is 11.6 Å². The molecule has 1 heteroatoms. The number of hydrogen-bond donors (Lipinski definition) is 0. The first-order valence-electron chi connectivity index (χ1n) is 10.8. The van der Waals surface area contributed by atoms with Crippen molar-refractivity contribution in [2.45, 2.75) is 117 Å². The van der Waals surface area contributed by atoms with E-state index in [9.17, 15) is 0 Å². The molecule has 0 fully saturated rings. The zero-order chi connectivity index (χ0) is 18.7. The molecule has 0 heterocycles. The van der Waals surface area contributed by atoms with Gasteiger partial charge in [0, 0.05) is 5.02 Å².